The summed E-state index contributed by atoms with van der Waals surface area (Å²) in [6, 6.07) is 0.205. The molecule has 0 aromatic heterocycles. The van der Waals surface area contributed by atoms with Gasteiger partial charge in [-0.25, -0.2) is 6.57 Å². The summed E-state index contributed by atoms with van der Waals surface area (Å²) >= 11 is 0. The Labute approximate surface area is 106 Å². The van der Waals surface area contributed by atoms with Gasteiger partial charge >= 0.3 is 0 Å². The Morgan fingerprint density at radius 3 is 2.71 bits per heavy atom. The van der Waals surface area contributed by atoms with Crippen molar-refractivity contribution in [3.8, 4) is 0 Å². The molecule has 2 aliphatic rings. The largest absolute Gasteiger partial charge is 0.313 e. The molecule has 0 heterocycles. The van der Waals surface area contributed by atoms with Crippen LogP contribution in [-0.2, 0) is 0 Å². The molecule has 0 N–H and O–H groups in total. The Morgan fingerprint density at radius 1 is 1.41 bits per heavy atom. The van der Waals surface area contributed by atoms with Crippen molar-refractivity contribution in [2.45, 2.75) is 58.9 Å². The van der Waals surface area contributed by atoms with E-state index < -0.39 is 0 Å². The lowest BCUT2D eigenvalue weighted by Crippen LogP contribution is -2.35. The highest BCUT2D eigenvalue weighted by molar-refractivity contribution is 5.18. The van der Waals surface area contributed by atoms with Gasteiger partial charge in [-0.05, 0) is 43.4 Å². The van der Waals surface area contributed by atoms with Crippen molar-refractivity contribution in [1.82, 2.24) is 0 Å². The molecule has 0 amide bonds. The van der Waals surface area contributed by atoms with Gasteiger partial charge in [-0.15, -0.1) is 0 Å². The van der Waals surface area contributed by atoms with Gasteiger partial charge in [0.15, 0.2) is 0 Å². The second kappa shape index (κ2) is 4.48. The van der Waals surface area contributed by atoms with E-state index in [4.69, 9.17) is 6.57 Å². The van der Waals surface area contributed by atoms with Gasteiger partial charge in [0.2, 0.25) is 6.04 Å². The Bertz CT molecular complexity index is 349. The standard InChI is InChI=1S/C16H25N/c1-11(2)15(17-5)13-8-10-16(4)9-6-7-12(3)14(13)16/h11,13-15H,3,6-10H2,1-2,4H3/t13-,14+,15+,16-/m1/s1. The van der Waals surface area contributed by atoms with E-state index in [-0.39, 0.29) is 6.04 Å². The molecule has 0 aliphatic heterocycles. The van der Waals surface area contributed by atoms with E-state index in [1.165, 1.54) is 37.7 Å². The highest BCUT2D eigenvalue weighted by Crippen LogP contribution is 2.58. The van der Waals surface area contributed by atoms with E-state index in [1.54, 1.807) is 0 Å². The molecule has 0 bridgehead atoms. The molecule has 0 spiro atoms. The molecule has 0 radical (unpaired) electrons. The zero-order chi connectivity index (χ0) is 12.6. The average Bonchev–Trinajstić information content (AvgIpc) is 2.58. The number of hydrogen-bond donors (Lipinski definition) is 0. The molecule has 2 saturated carbocycles. The van der Waals surface area contributed by atoms with Crippen LogP contribution >= 0.6 is 0 Å². The van der Waals surface area contributed by atoms with Gasteiger partial charge in [-0.3, -0.25) is 0 Å². The van der Waals surface area contributed by atoms with Crippen molar-refractivity contribution in [3.05, 3.63) is 23.6 Å². The first-order valence-corrected chi connectivity index (χ1v) is 7.04. The molecule has 0 saturated heterocycles. The van der Waals surface area contributed by atoms with E-state index in [0.717, 1.165) is 0 Å². The first-order valence-electron chi connectivity index (χ1n) is 7.04. The Kier molecular flexibility index (Phi) is 3.34. The number of rotatable bonds is 2. The normalized spacial score (nSPS) is 38.9. The van der Waals surface area contributed by atoms with Gasteiger partial charge in [-0.2, -0.15) is 0 Å². The second-order valence-corrected chi connectivity index (χ2v) is 6.71. The minimum atomic E-state index is 0.205. The first-order chi connectivity index (χ1) is 7.99. The molecular weight excluding hydrogens is 206 g/mol. The summed E-state index contributed by atoms with van der Waals surface area (Å²) in [6.07, 6.45) is 6.39. The van der Waals surface area contributed by atoms with E-state index in [9.17, 15) is 0 Å². The van der Waals surface area contributed by atoms with E-state index in [2.05, 4.69) is 32.2 Å². The highest BCUT2D eigenvalue weighted by atomic mass is 14.8. The van der Waals surface area contributed by atoms with Crippen LogP contribution in [0, 0.1) is 29.7 Å². The smallest absolute Gasteiger partial charge is 0.229 e. The maximum Gasteiger partial charge on any atom is 0.229 e. The van der Waals surface area contributed by atoms with Crippen molar-refractivity contribution in [1.29, 1.82) is 0 Å². The van der Waals surface area contributed by atoms with Crippen LogP contribution < -0.4 is 0 Å². The quantitative estimate of drug-likeness (QED) is 0.479. The number of allylic oxidation sites excluding steroid dienone is 1. The maximum absolute atomic E-state index is 7.49. The van der Waals surface area contributed by atoms with Crippen molar-refractivity contribution in [2.75, 3.05) is 0 Å². The molecule has 94 valence electrons. The van der Waals surface area contributed by atoms with Crippen LogP contribution in [0.3, 0.4) is 0 Å². The molecule has 0 aromatic rings. The van der Waals surface area contributed by atoms with Crippen molar-refractivity contribution < 1.29 is 0 Å². The van der Waals surface area contributed by atoms with Crippen LogP contribution in [0.1, 0.15) is 52.9 Å². The topological polar surface area (TPSA) is 4.36 Å². The lowest BCUT2D eigenvalue weighted by atomic mass is 9.64. The average molecular weight is 231 g/mol. The van der Waals surface area contributed by atoms with Crippen LogP contribution in [0.4, 0.5) is 0 Å². The zero-order valence-electron chi connectivity index (χ0n) is 11.5. The van der Waals surface area contributed by atoms with Crippen LogP contribution in [0.25, 0.3) is 4.85 Å². The predicted molar refractivity (Wildman–Crippen MR) is 72.5 cm³/mol. The van der Waals surface area contributed by atoms with Crippen molar-refractivity contribution in [2.24, 2.45) is 23.2 Å². The summed E-state index contributed by atoms with van der Waals surface area (Å²) < 4.78 is 0. The number of nitrogens with zero attached hydrogens (tertiary/aromatic N) is 1. The summed E-state index contributed by atoms with van der Waals surface area (Å²) in [5.74, 6) is 1.68. The summed E-state index contributed by atoms with van der Waals surface area (Å²) in [6.45, 7) is 18.6. The summed E-state index contributed by atoms with van der Waals surface area (Å²) in [7, 11) is 0. The fourth-order valence-electron chi connectivity index (χ4n) is 4.39. The fraction of sp³-hybridized carbons (Fsp3) is 0.812. The molecule has 0 aromatic carbocycles. The molecule has 17 heavy (non-hydrogen) atoms. The SMILES string of the molecule is [C-]#[N+][C@@H](C(C)C)[C@@H]1CC[C@@]2(C)CCCC(=C)[C@@H]12. The molecule has 2 fully saturated rings. The Balaban J connectivity index is 2.26. The molecule has 2 rings (SSSR count). The third kappa shape index (κ3) is 2.03. The summed E-state index contributed by atoms with van der Waals surface area (Å²) in [5, 5.41) is 0. The van der Waals surface area contributed by atoms with Crippen LogP contribution in [0.5, 0.6) is 0 Å². The van der Waals surface area contributed by atoms with Gasteiger partial charge in [-0.1, -0.05) is 32.9 Å². The first kappa shape index (κ1) is 12.7. The maximum atomic E-state index is 7.49. The predicted octanol–water partition coefficient (Wildman–Crippen LogP) is 4.70. The second-order valence-electron chi connectivity index (χ2n) is 6.71. The lowest BCUT2D eigenvalue weighted by molar-refractivity contribution is 0.163. The molecule has 1 heteroatoms. The van der Waals surface area contributed by atoms with Crippen molar-refractivity contribution in [3.63, 3.8) is 0 Å². The van der Waals surface area contributed by atoms with Gasteiger partial charge in [0.05, 0.1) is 0 Å². The summed E-state index contributed by atoms with van der Waals surface area (Å²) in [4.78, 5) is 3.94. The minimum Gasteiger partial charge on any atom is -0.313 e. The molecule has 0 unspecified atom stereocenters. The molecule has 1 nitrogen and oxygen atoms in total. The van der Waals surface area contributed by atoms with Gasteiger partial charge < -0.3 is 4.85 Å². The third-order valence-electron chi connectivity index (χ3n) is 5.18. The number of fused-ring (bicyclic) bond motifs is 1. The van der Waals surface area contributed by atoms with E-state index in [0.29, 0.717) is 23.2 Å². The monoisotopic (exact) mass is 231 g/mol. The van der Waals surface area contributed by atoms with Gasteiger partial charge in [0.1, 0.15) is 0 Å². The van der Waals surface area contributed by atoms with Crippen LogP contribution in [0.2, 0.25) is 0 Å². The number of hydrogen-bond acceptors (Lipinski definition) is 0. The van der Waals surface area contributed by atoms with Gasteiger partial charge in [0, 0.05) is 11.8 Å². The molecule has 4 atom stereocenters. The van der Waals surface area contributed by atoms with Crippen LogP contribution in [0.15, 0.2) is 12.2 Å². The summed E-state index contributed by atoms with van der Waals surface area (Å²) in [5.41, 5.74) is 1.90. The third-order valence-corrected chi connectivity index (χ3v) is 5.18. The minimum absolute atomic E-state index is 0.205. The van der Waals surface area contributed by atoms with Crippen LogP contribution in [-0.4, -0.2) is 6.04 Å². The Hall–Kier alpha value is -0.770. The lowest BCUT2D eigenvalue weighted by Gasteiger charge is -2.40. The molecular formula is C16H25N. The molecule has 2 aliphatic carbocycles. The van der Waals surface area contributed by atoms with Gasteiger partial charge in [0.25, 0.3) is 0 Å². The van der Waals surface area contributed by atoms with E-state index in [1.807, 2.05) is 0 Å². The fourth-order valence-corrected chi connectivity index (χ4v) is 4.39. The highest BCUT2D eigenvalue weighted by Gasteiger charge is 2.52. The Morgan fingerprint density at radius 2 is 2.12 bits per heavy atom. The van der Waals surface area contributed by atoms with Crippen molar-refractivity contribution >= 4 is 0 Å². The zero-order valence-corrected chi connectivity index (χ0v) is 11.5. The van der Waals surface area contributed by atoms with E-state index >= 15 is 0 Å².